The van der Waals surface area contributed by atoms with Crippen molar-refractivity contribution in [1.82, 2.24) is 0 Å². The molecule has 0 radical (unpaired) electrons. The standard InChI is InChI=1S/C18H22O4S3/c19-24(20,15-17-7-3-1-4-8-17)13-11-23-12-14-25(21,22)16-18-9-5-2-6-10-18/h1-10H,11-16H2. The lowest BCUT2D eigenvalue weighted by molar-refractivity contribution is 0.595. The lowest BCUT2D eigenvalue weighted by Gasteiger charge is -2.06. The molecule has 0 saturated heterocycles. The molecule has 0 amide bonds. The third-order valence-corrected chi connectivity index (χ3v) is 8.24. The van der Waals surface area contributed by atoms with Crippen LogP contribution in [0.3, 0.4) is 0 Å². The van der Waals surface area contributed by atoms with Gasteiger partial charge in [0.25, 0.3) is 0 Å². The van der Waals surface area contributed by atoms with E-state index in [0.29, 0.717) is 11.5 Å². The Morgan fingerprint density at radius 1 is 0.600 bits per heavy atom. The van der Waals surface area contributed by atoms with Crippen LogP contribution in [0.5, 0.6) is 0 Å². The van der Waals surface area contributed by atoms with Crippen LogP contribution in [0.2, 0.25) is 0 Å². The molecule has 7 heteroatoms. The molecular formula is C18H22O4S3. The monoisotopic (exact) mass is 398 g/mol. The van der Waals surface area contributed by atoms with Gasteiger partial charge in [-0.15, -0.1) is 0 Å². The van der Waals surface area contributed by atoms with Crippen molar-refractivity contribution in [1.29, 1.82) is 0 Å². The zero-order chi connectivity index (χ0) is 18.2. The van der Waals surface area contributed by atoms with E-state index < -0.39 is 19.7 Å². The molecule has 0 bridgehead atoms. The topological polar surface area (TPSA) is 68.3 Å². The molecule has 0 saturated carbocycles. The summed E-state index contributed by atoms with van der Waals surface area (Å²) in [5.74, 6) is 1.00. The Bertz CT molecular complexity index is 772. The summed E-state index contributed by atoms with van der Waals surface area (Å²) in [6.45, 7) is 0. The Kier molecular flexibility index (Phi) is 7.53. The Balaban J connectivity index is 1.70. The first-order valence-electron chi connectivity index (χ1n) is 7.93. The minimum atomic E-state index is -3.17. The summed E-state index contributed by atoms with van der Waals surface area (Å²) >= 11 is 1.37. The van der Waals surface area contributed by atoms with Gasteiger partial charge >= 0.3 is 0 Å². The molecule has 2 aromatic carbocycles. The summed E-state index contributed by atoms with van der Waals surface area (Å²) in [4.78, 5) is 0. The van der Waals surface area contributed by atoms with Crippen molar-refractivity contribution >= 4 is 31.4 Å². The van der Waals surface area contributed by atoms with Crippen LogP contribution in [0.25, 0.3) is 0 Å². The molecule has 4 nitrogen and oxygen atoms in total. The first-order valence-corrected chi connectivity index (χ1v) is 12.7. The first kappa shape index (κ1) is 20.0. The second kappa shape index (κ2) is 9.40. The summed E-state index contributed by atoms with van der Waals surface area (Å²) in [5, 5.41) is 0. The summed E-state index contributed by atoms with van der Waals surface area (Å²) in [7, 11) is -6.34. The van der Waals surface area contributed by atoms with Gasteiger partial charge in [-0.2, -0.15) is 11.8 Å². The normalized spacial score (nSPS) is 12.2. The highest BCUT2D eigenvalue weighted by Crippen LogP contribution is 2.11. The number of hydrogen-bond acceptors (Lipinski definition) is 5. The van der Waals surface area contributed by atoms with Crippen molar-refractivity contribution in [2.75, 3.05) is 23.0 Å². The van der Waals surface area contributed by atoms with Crippen molar-refractivity contribution in [3.8, 4) is 0 Å². The summed E-state index contributed by atoms with van der Waals surface area (Å²) in [5.41, 5.74) is 1.55. The second-order valence-electron chi connectivity index (χ2n) is 5.77. The Morgan fingerprint density at radius 2 is 0.960 bits per heavy atom. The van der Waals surface area contributed by atoms with Gasteiger partial charge in [0.2, 0.25) is 0 Å². The van der Waals surface area contributed by atoms with Gasteiger partial charge in [0.1, 0.15) is 0 Å². The SMILES string of the molecule is O=S(=O)(CCSCCS(=O)(=O)Cc1ccccc1)Cc1ccccc1. The average molecular weight is 399 g/mol. The summed E-state index contributed by atoms with van der Waals surface area (Å²) in [6, 6.07) is 18.1. The minimum Gasteiger partial charge on any atom is -0.228 e. The van der Waals surface area contributed by atoms with Crippen LogP contribution in [-0.2, 0) is 31.2 Å². The summed E-state index contributed by atoms with van der Waals surface area (Å²) in [6.07, 6.45) is 0. The van der Waals surface area contributed by atoms with E-state index >= 15 is 0 Å². The Hall–Kier alpha value is -1.31. The molecule has 0 spiro atoms. The van der Waals surface area contributed by atoms with Crippen LogP contribution < -0.4 is 0 Å². The Morgan fingerprint density at radius 3 is 1.32 bits per heavy atom. The predicted octanol–water partition coefficient (Wildman–Crippen LogP) is 2.95. The molecule has 0 unspecified atom stereocenters. The van der Waals surface area contributed by atoms with Crippen molar-refractivity contribution in [3.05, 3.63) is 71.8 Å². The van der Waals surface area contributed by atoms with Crippen LogP contribution in [0.1, 0.15) is 11.1 Å². The highest BCUT2D eigenvalue weighted by atomic mass is 32.2. The fraction of sp³-hybridized carbons (Fsp3) is 0.333. The van der Waals surface area contributed by atoms with E-state index in [-0.39, 0.29) is 23.0 Å². The predicted molar refractivity (Wildman–Crippen MR) is 105 cm³/mol. The van der Waals surface area contributed by atoms with E-state index in [4.69, 9.17) is 0 Å². The second-order valence-corrected chi connectivity index (χ2v) is 11.4. The van der Waals surface area contributed by atoms with Gasteiger partial charge in [-0.05, 0) is 11.1 Å². The maximum absolute atomic E-state index is 12.1. The van der Waals surface area contributed by atoms with Crippen LogP contribution >= 0.6 is 11.8 Å². The lowest BCUT2D eigenvalue weighted by Crippen LogP contribution is -2.14. The number of hydrogen-bond donors (Lipinski definition) is 0. The fourth-order valence-electron chi connectivity index (χ4n) is 2.27. The number of rotatable bonds is 10. The van der Waals surface area contributed by atoms with Crippen LogP contribution in [0.15, 0.2) is 60.7 Å². The number of thioether (sulfide) groups is 1. The molecular weight excluding hydrogens is 376 g/mol. The number of benzene rings is 2. The molecule has 0 aliphatic rings. The molecule has 136 valence electrons. The van der Waals surface area contributed by atoms with Crippen LogP contribution in [0, 0.1) is 0 Å². The highest BCUT2D eigenvalue weighted by molar-refractivity contribution is 8.01. The molecule has 0 aliphatic carbocycles. The van der Waals surface area contributed by atoms with Gasteiger partial charge < -0.3 is 0 Å². The molecule has 0 aliphatic heterocycles. The highest BCUT2D eigenvalue weighted by Gasteiger charge is 2.14. The van der Waals surface area contributed by atoms with Crippen LogP contribution in [-0.4, -0.2) is 39.8 Å². The molecule has 0 N–H and O–H groups in total. The van der Waals surface area contributed by atoms with E-state index in [1.54, 1.807) is 24.3 Å². The zero-order valence-corrected chi connectivity index (χ0v) is 16.3. The quantitative estimate of drug-likeness (QED) is 0.576. The van der Waals surface area contributed by atoms with E-state index in [2.05, 4.69) is 0 Å². The van der Waals surface area contributed by atoms with Gasteiger partial charge in [-0.3, -0.25) is 0 Å². The van der Waals surface area contributed by atoms with Crippen molar-refractivity contribution < 1.29 is 16.8 Å². The van der Waals surface area contributed by atoms with Crippen molar-refractivity contribution in [3.63, 3.8) is 0 Å². The molecule has 2 rings (SSSR count). The van der Waals surface area contributed by atoms with E-state index in [1.807, 2.05) is 36.4 Å². The van der Waals surface area contributed by atoms with Gasteiger partial charge in [0.15, 0.2) is 19.7 Å². The maximum atomic E-state index is 12.1. The van der Waals surface area contributed by atoms with Crippen molar-refractivity contribution in [2.45, 2.75) is 11.5 Å². The zero-order valence-electron chi connectivity index (χ0n) is 13.9. The van der Waals surface area contributed by atoms with Gasteiger partial charge in [0.05, 0.1) is 23.0 Å². The smallest absolute Gasteiger partial charge is 0.155 e. The third kappa shape index (κ3) is 8.07. The van der Waals surface area contributed by atoms with Crippen LogP contribution in [0.4, 0.5) is 0 Å². The molecule has 0 atom stereocenters. The average Bonchev–Trinajstić information content (AvgIpc) is 2.55. The molecule has 25 heavy (non-hydrogen) atoms. The molecule has 0 heterocycles. The van der Waals surface area contributed by atoms with E-state index in [9.17, 15) is 16.8 Å². The van der Waals surface area contributed by atoms with Gasteiger partial charge in [-0.25, -0.2) is 16.8 Å². The molecule has 0 aromatic heterocycles. The lowest BCUT2D eigenvalue weighted by atomic mass is 10.2. The number of sulfone groups is 2. The van der Waals surface area contributed by atoms with E-state index in [1.165, 1.54) is 11.8 Å². The van der Waals surface area contributed by atoms with E-state index in [0.717, 1.165) is 11.1 Å². The Labute approximate surface area is 154 Å². The fourth-order valence-corrected chi connectivity index (χ4v) is 7.14. The van der Waals surface area contributed by atoms with Gasteiger partial charge in [-0.1, -0.05) is 60.7 Å². The first-order chi connectivity index (χ1) is 11.9. The minimum absolute atomic E-state index is 0.0285. The largest absolute Gasteiger partial charge is 0.228 e. The third-order valence-electron chi connectivity index (χ3n) is 3.54. The molecule has 0 fully saturated rings. The van der Waals surface area contributed by atoms with Gasteiger partial charge in [0, 0.05) is 11.5 Å². The van der Waals surface area contributed by atoms with Crippen molar-refractivity contribution in [2.24, 2.45) is 0 Å². The summed E-state index contributed by atoms with van der Waals surface area (Å²) < 4.78 is 48.3. The maximum Gasteiger partial charge on any atom is 0.155 e. The molecule has 2 aromatic rings.